The standard InChI is InChI=1S/C13H22N2O6/c1-3-11(17)7-15(9-13(20)21)5-4-14(6-10(2)16)8-12(18)19/h3-9H2,1-2H3,(H,18,19)(H,20,21). The summed E-state index contributed by atoms with van der Waals surface area (Å²) in [5, 5.41) is 17.6. The number of carboxylic acids is 2. The minimum absolute atomic E-state index is 0.00375. The lowest BCUT2D eigenvalue weighted by atomic mass is 10.2. The van der Waals surface area contributed by atoms with Gasteiger partial charge in [0, 0.05) is 19.5 Å². The topological polar surface area (TPSA) is 115 Å². The van der Waals surface area contributed by atoms with Crippen LogP contribution in [0.25, 0.3) is 0 Å². The number of carbonyl (C=O) groups is 4. The van der Waals surface area contributed by atoms with E-state index in [1.165, 1.54) is 16.7 Å². The Morgan fingerprint density at radius 1 is 0.810 bits per heavy atom. The van der Waals surface area contributed by atoms with Crippen LogP contribution in [0.15, 0.2) is 0 Å². The molecule has 2 N–H and O–H groups in total. The second-order valence-electron chi connectivity index (χ2n) is 4.80. The lowest BCUT2D eigenvalue weighted by molar-refractivity contribution is -0.141. The minimum Gasteiger partial charge on any atom is -0.480 e. The van der Waals surface area contributed by atoms with Crippen molar-refractivity contribution in [3.63, 3.8) is 0 Å². The Labute approximate surface area is 123 Å². The number of carbonyl (C=O) groups excluding carboxylic acids is 2. The summed E-state index contributed by atoms with van der Waals surface area (Å²) in [6, 6.07) is 0. The molecule has 0 unspecified atom stereocenters. The highest BCUT2D eigenvalue weighted by Crippen LogP contribution is 1.96. The first kappa shape index (κ1) is 19.2. The molecule has 0 atom stereocenters. The summed E-state index contributed by atoms with van der Waals surface area (Å²) in [5.74, 6) is -2.39. The van der Waals surface area contributed by atoms with Gasteiger partial charge in [-0.3, -0.25) is 29.0 Å². The molecular formula is C13H22N2O6. The number of carboxylic acid groups (broad SMARTS) is 2. The molecule has 0 saturated heterocycles. The fourth-order valence-electron chi connectivity index (χ4n) is 1.77. The van der Waals surface area contributed by atoms with Crippen molar-refractivity contribution >= 4 is 23.5 Å². The first-order valence-corrected chi connectivity index (χ1v) is 6.64. The van der Waals surface area contributed by atoms with Gasteiger partial charge in [-0.05, 0) is 6.92 Å². The third-order valence-electron chi connectivity index (χ3n) is 2.69. The first-order chi connectivity index (χ1) is 9.74. The van der Waals surface area contributed by atoms with E-state index in [-0.39, 0.29) is 50.8 Å². The zero-order valence-electron chi connectivity index (χ0n) is 12.4. The van der Waals surface area contributed by atoms with Crippen LogP contribution in [0.3, 0.4) is 0 Å². The number of Topliss-reactive ketones (excluding diaryl/α,β-unsaturated/α-hetero) is 2. The van der Waals surface area contributed by atoms with Crippen LogP contribution in [0.1, 0.15) is 20.3 Å². The number of hydrogen-bond donors (Lipinski definition) is 2. The van der Waals surface area contributed by atoms with Crippen molar-refractivity contribution in [3.05, 3.63) is 0 Å². The second kappa shape index (κ2) is 10.0. The van der Waals surface area contributed by atoms with Crippen LogP contribution in [0.5, 0.6) is 0 Å². The van der Waals surface area contributed by atoms with Crippen LogP contribution in [0.4, 0.5) is 0 Å². The molecule has 0 heterocycles. The zero-order valence-corrected chi connectivity index (χ0v) is 12.4. The van der Waals surface area contributed by atoms with Crippen LogP contribution < -0.4 is 0 Å². The van der Waals surface area contributed by atoms with E-state index in [4.69, 9.17) is 10.2 Å². The molecule has 120 valence electrons. The van der Waals surface area contributed by atoms with Crippen molar-refractivity contribution in [2.24, 2.45) is 0 Å². The maximum Gasteiger partial charge on any atom is 0.317 e. The van der Waals surface area contributed by atoms with E-state index >= 15 is 0 Å². The van der Waals surface area contributed by atoms with Gasteiger partial charge >= 0.3 is 11.9 Å². The largest absolute Gasteiger partial charge is 0.480 e. The Bertz CT molecular complexity index is 380. The normalized spacial score (nSPS) is 10.9. The molecule has 0 aromatic heterocycles. The van der Waals surface area contributed by atoms with Gasteiger partial charge in [0.25, 0.3) is 0 Å². The highest BCUT2D eigenvalue weighted by molar-refractivity contribution is 5.81. The molecule has 21 heavy (non-hydrogen) atoms. The van der Waals surface area contributed by atoms with Crippen LogP contribution in [-0.4, -0.2) is 82.8 Å². The maximum atomic E-state index is 11.4. The number of aliphatic carboxylic acids is 2. The quantitative estimate of drug-likeness (QED) is 0.487. The first-order valence-electron chi connectivity index (χ1n) is 6.64. The summed E-state index contributed by atoms with van der Waals surface area (Å²) < 4.78 is 0. The molecule has 0 aromatic carbocycles. The van der Waals surface area contributed by atoms with E-state index in [2.05, 4.69) is 0 Å². The molecule has 8 nitrogen and oxygen atoms in total. The number of rotatable bonds is 12. The molecular weight excluding hydrogens is 280 g/mol. The van der Waals surface area contributed by atoms with Gasteiger partial charge in [0.1, 0.15) is 11.6 Å². The summed E-state index contributed by atoms with van der Waals surface area (Å²) in [4.78, 5) is 46.8. The molecule has 0 aliphatic carbocycles. The van der Waals surface area contributed by atoms with Crippen molar-refractivity contribution in [3.8, 4) is 0 Å². The van der Waals surface area contributed by atoms with Gasteiger partial charge in [-0.15, -0.1) is 0 Å². The van der Waals surface area contributed by atoms with Crippen molar-refractivity contribution in [2.75, 3.05) is 39.3 Å². The van der Waals surface area contributed by atoms with Crippen LogP contribution in [0, 0.1) is 0 Å². The lowest BCUT2D eigenvalue weighted by Crippen LogP contribution is -2.43. The van der Waals surface area contributed by atoms with Crippen molar-refractivity contribution in [1.82, 2.24) is 9.80 Å². The summed E-state index contributed by atoms with van der Waals surface area (Å²) in [7, 11) is 0. The lowest BCUT2D eigenvalue weighted by Gasteiger charge is -2.24. The minimum atomic E-state index is -1.06. The van der Waals surface area contributed by atoms with Gasteiger partial charge < -0.3 is 10.2 Å². The van der Waals surface area contributed by atoms with Crippen molar-refractivity contribution in [2.45, 2.75) is 20.3 Å². The Morgan fingerprint density at radius 3 is 1.57 bits per heavy atom. The summed E-state index contributed by atoms with van der Waals surface area (Å²) >= 11 is 0. The molecule has 0 radical (unpaired) electrons. The van der Waals surface area contributed by atoms with Crippen molar-refractivity contribution < 1.29 is 29.4 Å². The fraction of sp³-hybridized carbons (Fsp3) is 0.692. The molecule has 0 aromatic rings. The van der Waals surface area contributed by atoms with E-state index in [1.54, 1.807) is 6.92 Å². The average molecular weight is 302 g/mol. The predicted molar refractivity (Wildman–Crippen MR) is 74.1 cm³/mol. The SMILES string of the molecule is CCC(=O)CN(CCN(CC(C)=O)CC(=O)O)CC(=O)O. The van der Waals surface area contributed by atoms with Crippen molar-refractivity contribution in [1.29, 1.82) is 0 Å². The third-order valence-corrected chi connectivity index (χ3v) is 2.69. The van der Waals surface area contributed by atoms with E-state index in [0.29, 0.717) is 6.42 Å². The molecule has 0 bridgehead atoms. The molecule has 0 saturated carbocycles. The highest BCUT2D eigenvalue weighted by atomic mass is 16.4. The molecule has 0 fully saturated rings. The van der Waals surface area contributed by atoms with Gasteiger partial charge in [-0.2, -0.15) is 0 Å². The van der Waals surface area contributed by atoms with E-state index in [9.17, 15) is 19.2 Å². The Balaban J connectivity index is 4.56. The third kappa shape index (κ3) is 10.6. The van der Waals surface area contributed by atoms with Crippen LogP contribution >= 0.6 is 0 Å². The van der Waals surface area contributed by atoms with E-state index < -0.39 is 11.9 Å². The fourth-order valence-corrected chi connectivity index (χ4v) is 1.77. The van der Waals surface area contributed by atoms with Gasteiger partial charge in [0.2, 0.25) is 0 Å². The van der Waals surface area contributed by atoms with Gasteiger partial charge in [0.05, 0.1) is 26.2 Å². The Morgan fingerprint density at radius 2 is 1.24 bits per heavy atom. The highest BCUT2D eigenvalue weighted by Gasteiger charge is 2.17. The predicted octanol–water partition coefficient (Wildman–Crippen LogP) is -0.672. The zero-order chi connectivity index (χ0) is 16.4. The molecule has 8 heteroatoms. The summed E-state index contributed by atoms with van der Waals surface area (Å²) in [5.41, 5.74) is 0. The van der Waals surface area contributed by atoms with E-state index in [1.807, 2.05) is 0 Å². The molecule has 0 aliphatic heterocycles. The van der Waals surface area contributed by atoms with Crippen LogP contribution in [0.2, 0.25) is 0 Å². The molecule has 0 aliphatic rings. The van der Waals surface area contributed by atoms with Gasteiger partial charge in [0.15, 0.2) is 0 Å². The number of ketones is 2. The summed E-state index contributed by atoms with van der Waals surface area (Å²) in [6.45, 7) is 2.83. The van der Waals surface area contributed by atoms with Gasteiger partial charge in [-0.1, -0.05) is 6.92 Å². The van der Waals surface area contributed by atoms with Crippen LogP contribution in [-0.2, 0) is 19.2 Å². The molecule has 0 spiro atoms. The molecule has 0 rings (SSSR count). The molecule has 0 amide bonds. The van der Waals surface area contributed by atoms with Gasteiger partial charge in [-0.25, -0.2) is 0 Å². The number of hydrogen-bond acceptors (Lipinski definition) is 6. The Kier molecular flexibility index (Phi) is 9.15. The average Bonchev–Trinajstić information content (AvgIpc) is 2.33. The smallest absolute Gasteiger partial charge is 0.317 e. The summed E-state index contributed by atoms with van der Waals surface area (Å²) in [6.07, 6.45) is 0.308. The Hall–Kier alpha value is -1.80. The second-order valence-corrected chi connectivity index (χ2v) is 4.80. The monoisotopic (exact) mass is 302 g/mol. The maximum absolute atomic E-state index is 11.4. The van der Waals surface area contributed by atoms with E-state index in [0.717, 1.165) is 0 Å². The number of nitrogens with zero attached hydrogens (tertiary/aromatic N) is 2.